The molecule has 0 aliphatic rings. The van der Waals surface area contributed by atoms with Gasteiger partial charge >= 0.3 is 11.9 Å². The molecule has 8 N–H and O–H groups in total. The summed E-state index contributed by atoms with van der Waals surface area (Å²) in [6, 6.07) is 7.78. The second kappa shape index (κ2) is 8.48. The summed E-state index contributed by atoms with van der Waals surface area (Å²) in [7, 11) is 0. The van der Waals surface area contributed by atoms with Crippen molar-refractivity contribution < 1.29 is 24.6 Å². The number of carboxylic acids is 1. The Kier molecular flexibility index (Phi) is 6.68. The third-order valence-corrected chi connectivity index (χ3v) is 3.08. The Hall–Kier alpha value is -3.14. The summed E-state index contributed by atoms with van der Waals surface area (Å²) in [6.45, 7) is 0.111. The molecule has 0 bridgehead atoms. The fourth-order valence-corrected chi connectivity index (χ4v) is 1.79. The van der Waals surface area contributed by atoms with Gasteiger partial charge in [-0.15, -0.1) is 0 Å². The number of rotatable bonds is 7. The number of aliphatic imine (C=N–C) groups is 1. The number of aliphatic carboxylic acids is 1. The van der Waals surface area contributed by atoms with Crippen LogP contribution in [0.4, 0.5) is 0 Å². The summed E-state index contributed by atoms with van der Waals surface area (Å²) in [5.41, 5.74) is 14.0. The quantitative estimate of drug-likeness (QED) is 0.110. The predicted molar refractivity (Wildman–Crippen MR) is 85.5 cm³/mol. The molecule has 0 aromatic heterocycles. The number of carbonyl (C=O) groups is 2. The molecule has 0 fully saturated rings. The summed E-state index contributed by atoms with van der Waals surface area (Å²) in [6.07, 6.45) is -0.0663. The lowest BCUT2D eigenvalue weighted by Crippen LogP contribution is -2.56. The zero-order chi connectivity index (χ0) is 18.2. The van der Waals surface area contributed by atoms with Crippen molar-refractivity contribution in [2.24, 2.45) is 27.3 Å². The Morgan fingerprint density at radius 3 is 2.33 bits per heavy atom. The molecule has 0 heterocycles. The highest BCUT2D eigenvalue weighted by Gasteiger charge is 2.43. The number of hydrogen-bond acceptors (Lipinski definition) is 7. The van der Waals surface area contributed by atoms with Crippen LogP contribution in [0.3, 0.4) is 0 Å². The molecule has 0 saturated heterocycles. The van der Waals surface area contributed by atoms with E-state index in [4.69, 9.17) is 27.1 Å². The van der Waals surface area contributed by atoms with Crippen LogP contribution in [-0.4, -0.2) is 46.2 Å². The fourth-order valence-electron chi connectivity index (χ4n) is 1.79. The summed E-state index contributed by atoms with van der Waals surface area (Å²) < 4.78 is 4.86. The van der Waals surface area contributed by atoms with Crippen LogP contribution in [0, 0.1) is 0 Å². The zero-order valence-electron chi connectivity index (χ0n) is 12.8. The highest BCUT2D eigenvalue weighted by molar-refractivity contribution is 6.11. The Labute approximate surface area is 137 Å². The van der Waals surface area contributed by atoms with Crippen molar-refractivity contribution in [2.45, 2.75) is 18.4 Å². The second-order valence-electron chi connectivity index (χ2n) is 4.85. The number of benzene rings is 1. The first-order chi connectivity index (χ1) is 11.3. The molecule has 0 unspecified atom stereocenters. The van der Waals surface area contributed by atoms with Crippen LogP contribution in [-0.2, 0) is 9.53 Å². The number of nitrogens with zero attached hydrogens (tertiary/aromatic N) is 2. The van der Waals surface area contributed by atoms with Crippen LogP contribution in [0.25, 0.3) is 0 Å². The molecule has 0 spiro atoms. The van der Waals surface area contributed by atoms with Crippen molar-refractivity contribution in [2.75, 3.05) is 6.54 Å². The number of carbonyl (C=O) groups excluding carboxylic acids is 1. The van der Waals surface area contributed by atoms with E-state index in [-0.39, 0.29) is 30.9 Å². The highest BCUT2D eigenvalue weighted by Crippen LogP contribution is 2.16. The van der Waals surface area contributed by atoms with E-state index >= 15 is 0 Å². The Bertz CT molecular complexity index is 642. The molecule has 0 aliphatic heterocycles. The van der Waals surface area contributed by atoms with Crippen LogP contribution in [0.5, 0.6) is 0 Å². The Morgan fingerprint density at radius 1 is 1.21 bits per heavy atom. The van der Waals surface area contributed by atoms with Crippen molar-refractivity contribution in [3.63, 3.8) is 0 Å². The van der Waals surface area contributed by atoms with Gasteiger partial charge in [-0.1, -0.05) is 23.4 Å². The maximum Gasteiger partial charge on any atom is 0.344 e. The summed E-state index contributed by atoms with van der Waals surface area (Å²) in [5.74, 6) is -3.40. The van der Waals surface area contributed by atoms with Gasteiger partial charge in [-0.25, -0.2) is 9.59 Å². The average Bonchev–Trinajstić information content (AvgIpc) is 2.56. The van der Waals surface area contributed by atoms with E-state index in [1.807, 2.05) is 0 Å². The van der Waals surface area contributed by atoms with Gasteiger partial charge in [0.1, 0.15) is 0 Å². The van der Waals surface area contributed by atoms with Gasteiger partial charge in [0.25, 0.3) is 5.90 Å². The Balaban J connectivity index is 2.89. The number of guanidine groups is 1. The minimum atomic E-state index is -2.21. The number of ether oxygens (including phenoxy) is 1. The van der Waals surface area contributed by atoms with Crippen LogP contribution in [0.2, 0.25) is 0 Å². The molecule has 0 aliphatic carbocycles. The lowest BCUT2D eigenvalue weighted by Gasteiger charge is -2.24. The average molecular weight is 337 g/mol. The van der Waals surface area contributed by atoms with Gasteiger partial charge in [0.2, 0.25) is 0 Å². The van der Waals surface area contributed by atoms with E-state index in [9.17, 15) is 14.7 Å². The molecule has 1 aromatic carbocycles. The van der Waals surface area contributed by atoms with Gasteiger partial charge in [-0.2, -0.15) is 0 Å². The van der Waals surface area contributed by atoms with E-state index in [0.717, 1.165) is 0 Å². The van der Waals surface area contributed by atoms with Crippen molar-refractivity contribution in [1.29, 1.82) is 0 Å². The van der Waals surface area contributed by atoms with Gasteiger partial charge in [0, 0.05) is 6.54 Å². The lowest BCUT2D eigenvalue weighted by atomic mass is 9.94. The predicted octanol–water partition coefficient (Wildman–Crippen LogP) is -0.533. The van der Waals surface area contributed by atoms with Gasteiger partial charge in [-0.3, -0.25) is 4.99 Å². The third-order valence-electron chi connectivity index (χ3n) is 3.08. The SMILES string of the molecule is NC(N)=NCCC[C@](N)(C(=O)O)/C(=N\O)OC(=O)c1ccccc1. The van der Waals surface area contributed by atoms with Gasteiger partial charge < -0.3 is 32.3 Å². The summed E-state index contributed by atoms with van der Waals surface area (Å²) in [5, 5.41) is 21.1. The molecule has 1 rings (SSSR count). The maximum atomic E-state index is 12.0. The first-order valence-corrected chi connectivity index (χ1v) is 6.88. The molecule has 1 atom stereocenters. The number of oxime groups is 1. The molecule has 130 valence electrons. The van der Waals surface area contributed by atoms with Crippen LogP contribution in [0.15, 0.2) is 40.5 Å². The maximum absolute atomic E-state index is 12.0. The molecule has 0 radical (unpaired) electrons. The smallest absolute Gasteiger partial charge is 0.344 e. The molecule has 0 saturated carbocycles. The highest BCUT2D eigenvalue weighted by atomic mass is 16.6. The molecule has 10 nitrogen and oxygen atoms in total. The number of hydrogen-bond donors (Lipinski definition) is 5. The van der Waals surface area contributed by atoms with Crippen molar-refractivity contribution >= 4 is 23.8 Å². The standard InChI is InChI=1S/C14H19N5O5/c15-13(16)18-8-4-7-14(17,12(21)22)11(19-23)24-10(20)9-5-2-1-3-6-9/h1-3,5-6,23H,4,7-8,17H2,(H,21,22)(H4,15,16,18)/b19-11+/t14-/m1/s1. The van der Waals surface area contributed by atoms with Crippen LogP contribution >= 0.6 is 0 Å². The normalized spacial score (nSPS) is 13.6. The number of carboxylic acid groups (broad SMARTS) is 1. The minimum absolute atomic E-state index is 0.111. The molecular formula is C14H19N5O5. The minimum Gasteiger partial charge on any atom is -0.479 e. The van der Waals surface area contributed by atoms with E-state index in [0.29, 0.717) is 0 Å². The first-order valence-electron chi connectivity index (χ1n) is 6.88. The van der Waals surface area contributed by atoms with Crippen molar-refractivity contribution in [3.05, 3.63) is 35.9 Å². The summed E-state index contributed by atoms with van der Waals surface area (Å²) in [4.78, 5) is 27.2. The van der Waals surface area contributed by atoms with Crippen molar-refractivity contribution in [3.8, 4) is 0 Å². The van der Waals surface area contributed by atoms with E-state index in [1.54, 1.807) is 18.2 Å². The van der Waals surface area contributed by atoms with Gasteiger partial charge in [0.15, 0.2) is 11.5 Å². The Morgan fingerprint density at radius 2 is 1.83 bits per heavy atom. The van der Waals surface area contributed by atoms with Crippen LogP contribution < -0.4 is 17.2 Å². The molecule has 10 heteroatoms. The molecule has 24 heavy (non-hydrogen) atoms. The van der Waals surface area contributed by atoms with Crippen LogP contribution in [0.1, 0.15) is 23.2 Å². The van der Waals surface area contributed by atoms with E-state index < -0.39 is 23.4 Å². The topological polar surface area (TPSA) is 187 Å². The monoisotopic (exact) mass is 337 g/mol. The number of nitrogens with two attached hydrogens (primary N) is 3. The fraction of sp³-hybridized carbons (Fsp3) is 0.286. The third kappa shape index (κ3) is 4.95. The van der Waals surface area contributed by atoms with Crippen molar-refractivity contribution in [1.82, 2.24) is 0 Å². The molecule has 1 aromatic rings. The second-order valence-corrected chi connectivity index (χ2v) is 4.85. The lowest BCUT2D eigenvalue weighted by molar-refractivity contribution is -0.141. The van der Waals surface area contributed by atoms with Gasteiger partial charge in [0.05, 0.1) is 5.56 Å². The molecular weight excluding hydrogens is 318 g/mol. The van der Waals surface area contributed by atoms with Gasteiger partial charge in [-0.05, 0) is 25.0 Å². The molecule has 0 amide bonds. The number of esters is 1. The van der Waals surface area contributed by atoms with E-state index in [1.165, 1.54) is 12.1 Å². The van der Waals surface area contributed by atoms with E-state index in [2.05, 4.69) is 10.1 Å². The first kappa shape index (κ1) is 18.9. The largest absolute Gasteiger partial charge is 0.479 e. The zero-order valence-corrected chi connectivity index (χ0v) is 12.8. The summed E-state index contributed by atoms with van der Waals surface area (Å²) >= 11 is 0.